The average molecular weight is 297 g/mol. The van der Waals surface area contributed by atoms with Crippen LogP contribution in [0, 0.1) is 11.8 Å². The molecule has 2 saturated heterocycles. The minimum Gasteiger partial charge on any atom is -0.393 e. The Hall–Kier alpha value is -1.17. The molecular formula is C14H23N3O2S. The molecule has 0 bridgehead atoms. The molecule has 0 radical (unpaired) electrons. The SMILES string of the molecule is CCCC(C(=O)N1CCC2NC(=O)CCC2C1)C(N)=S. The molecule has 0 aliphatic carbocycles. The Labute approximate surface area is 125 Å². The number of rotatable bonds is 4. The number of nitrogens with zero attached hydrogens (tertiary/aromatic N) is 1. The van der Waals surface area contributed by atoms with Gasteiger partial charge in [-0.1, -0.05) is 25.6 Å². The molecule has 112 valence electrons. The molecule has 3 unspecified atom stereocenters. The molecule has 2 aliphatic rings. The smallest absolute Gasteiger partial charge is 0.232 e. The van der Waals surface area contributed by atoms with E-state index in [0.29, 0.717) is 30.4 Å². The van der Waals surface area contributed by atoms with Gasteiger partial charge in [0.1, 0.15) is 0 Å². The first-order chi connectivity index (χ1) is 9.52. The minimum atomic E-state index is -0.329. The maximum Gasteiger partial charge on any atom is 0.232 e. The molecule has 0 aromatic rings. The Bertz CT molecular complexity index is 413. The maximum absolute atomic E-state index is 12.5. The Morgan fingerprint density at radius 2 is 2.30 bits per heavy atom. The molecule has 0 aromatic heterocycles. The second-order valence-electron chi connectivity index (χ2n) is 5.79. The number of fused-ring (bicyclic) bond motifs is 1. The number of hydrogen-bond donors (Lipinski definition) is 2. The van der Waals surface area contributed by atoms with Crippen LogP contribution in [0.25, 0.3) is 0 Å². The molecule has 0 spiro atoms. The maximum atomic E-state index is 12.5. The fourth-order valence-electron chi connectivity index (χ4n) is 3.21. The number of nitrogens with one attached hydrogen (secondary N) is 1. The van der Waals surface area contributed by atoms with E-state index in [-0.39, 0.29) is 23.8 Å². The summed E-state index contributed by atoms with van der Waals surface area (Å²) in [4.78, 5) is 26.1. The molecule has 2 amide bonds. The Balaban J connectivity index is 1.98. The van der Waals surface area contributed by atoms with Crippen LogP contribution in [-0.2, 0) is 9.59 Å². The third-order valence-electron chi connectivity index (χ3n) is 4.35. The van der Waals surface area contributed by atoms with Gasteiger partial charge >= 0.3 is 0 Å². The molecule has 0 aromatic carbocycles. The van der Waals surface area contributed by atoms with Gasteiger partial charge in [-0.2, -0.15) is 0 Å². The number of carbonyl (C=O) groups excluding carboxylic acids is 2. The lowest BCUT2D eigenvalue weighted by atomic mass is 9.84. The topological polar surface area (TPSA) is 75.4 Å². The summed E-state index contributed by atoms with van der Waals surface area (Å²) in [5.74, 6) is 0.247. The Kier molecular flexibility index (Phi) is 4.96. The predicted molar refractivity (Wildman–Crippen MR) is 81.0 cm³/mol. The first-order valence-corrected chi connectivity index (χ1v) is 7.81. The van der Waals surface area contributed by atoms with Crippen LogP contribution < -0.4 is 11.1 Å². The van der Waals surface area contributed by atoms with Crippen molar-refractivity contribution in [2.24, 2.45) is 17.6 Å². The van der Waals surface area contributed by atoms with Crippen molar-refractivity contribution in [3.05, 3.63) is 0 Å². The number of hydrogen-bond acceptors (Lipinski definition) is 3. The molecular weight excluding hydrogens is 274 g/mol. The Morgan fingerprint density at radius 3 is 2.95 bits per heavy atom. The van der Waals surface area contributed by atoms with Crippen LogP contribution in [0.15, 0.2) is 0 Å². The summed E-state index contributed by atoms with van der Waals surface area (Å²) in [6, 6.07) is 0.231. The number of piperidine rings is 2. The van der Waals surface area contributed by atoms with Crippen molar-refractivity contribution in [1.29, 1.82) is 0 Å². The summed E-state index contributed by atoms with van der Waals surface area (Å²) in [6.07, 6.45) is 3.88. The largest absolute Gasteiger partial charge is 0.393 e. The van der Waals surface area contributed by atoms with E-state index in [9.17, 15) is 9.59 Å². The van der Waals surface area contributed by atoms with Gasteiger partial charge < -0.3 is 16.0 Å². The van der Waals surface area contributed by atoms with E-state index < -0.39 is 0 Å². The summed E-state index contributed by atoms with van der Waals surface area (Å²) in [7, 11) is 0. The van der Waals surface area contributed by atoms with Crippen LogP contribution in [0.2, 0.25) is 0 Å². The van der Waals surface area contributed by atoms with Crippen LogP contribution >= 0.6 is 12.2 Å². The molecule has 2 aliphatic heterocycles. The minimum absolute atomic E-state index is 0.0645. The highest BCUT2D eigenvalue weighted by molar-refractivity contribution is 7.80. The predicted octanol–water partition coefficient (Wildman–Crippen LogP) is 0.816. The van der Waals surface area contributed by atoms with E-state index in [0.717, 1.165) is 25.7 Å². The molecule has 2 rings (SSSR count). The van der Waals surface area contributed by atoms with Crippen molar-refractivity contribution >= 4 is 29.0 Å². The van der Waals surface area contributed by atoms with E-state index >= 15 is 0 Å². The standard InChI is InChI=1S/C14H23N3O2S/c1-2-3-10(13(15)20)14(19)17-7-6-11-9(8-17)4-5-12(18)16-11/h9-11H,2-8H2,1H3,(H2,15,20)(H,16,18). The third kappa shape index (κ3) is 3.29. The first kappa shape index (κ1) is 15.2. The van der Waals surface area contributed by atoms with Gasteiger partial charge in [-0.05, 0) is 25.2 Å². The number of carbonyl (C=O) groups is 2. The van der Waals surface area contributed by atoms with E-state index in [1.54, 1.807) is 0 Å². The zero-order chi connectivity index (χ0) is 14.7. The molecule has 20 heavy (non-hydrogen) atoms. The highest BCUT2D eigenvalue weighted by atomic mass is 32.1. The van der Waals surface area contributed by atoms with Gasteiger partial charge in [0, 0.05) is 25.6 Å². The van der Waals surface area contributed by atoms with Crippen LogP contribution in [0.4, 0.5) is 0 Å². The van der Waals surface area contributed by atoms with E-state index in [4.69, 9.17) is 18.0 Å². The van der Waals surface area contributed by atoms with Crippen LogP contribution in [0.3, 0.4) is 0 Å². The normalized spacial score (nSPS) is 27.4. The van der Waals surface area contributed by atoms with Crippen molar-refractivity contribution in [1.82, 2.24) is 10.2 Å². The molecule has 2 heterocycles. The zero-order valence-electron chi connectivity index (χ0n) is 11.9. The fourth-order valence-corrected chi connectivity index (χ4v) is 3.43. The van der Waals surface area contributed by atoms with Crippen molar-refractivity contribution in [3.63, 3.8) is 0 Å². The number of amides is 2. The summed E-state index contributed by atoms with van der Waals surface area (Å²) < 4.78 is 0. The molecule has 5 nitrogen and oxygen atoms in total. The van der Waals surface area contributed by atoms with Crippen molar-refractivity contribution < 1.29 is 9.59 Å². The second-order valence-corrected chi connectivity index (χ2v) is 6.26. The highest BCUT2D eigenvalue weighted by Gasteiger charge is 2.37. The monoisotopic (exact) mass is 297 g/mol. The number of thiocarbonyl (C=S) groups is 1. The molecule has 6 heteroatoms. The lowest BCUT2D eigenvalue weighted by molar-refractivity contribution is -0.136. The summed E-state index contributed by atoms with van der Waals surface area (Å²) >= 11 is 5.03. The average Bonchev–Trinajstić information content (AvgIpc) is 2.43. The van der Waals surface area contributed by atoms with Gasteiger partial charge in [-0.15, -0.1) is 0 Å². The lowest BCUT2D eigenvalue weighted by Gasteiger charge is -2.42. The molecule has 0 saturated carbocycles. The zero-order valence-corrected chi connectivity index (χ0v) is 12.7. The van der Waals surface area contributed by atoms with Gasteiger partial charge in [0.2, 0.25) is 11.8 Å². The molecule has 3 atom stereocenters. The number of nitrogens with two attached hydrogens (primary N) is 1. The summed E-state index contributed by atoms with van der Waals surface area (Å²) in [6.45, 7) is 3.43. The second kappa shape index (κ2) is 6.52. The van der Waals surface area contributed by atoms with Crippen LogP contribution in [0.1, 0.15) is 39.0 Å². The summed E-state index contributed by atoms with van der Waals surface area (Å²) in [5.41, 5.74) is 5.71. The quantitative estimate of drug-likeness (QED) is 0.753. The van der Waals surface area contributed by atoms with Gasteiger partial charge in [0.05, 0.1) is 10.9 Å². The summed E-state index contributed by atoms with van der Waals surface area (Å²) in [5, 5.41) is 3.03. The van der Waals surface area contributed by atoms with Crippen LogP contribution in [-0.4, -0.2) is 40.8 Å². The van der Waals surface area contributed by atoms with Crippen molar-refractivity contribution in [2.75, 3.05) is 13.1 Å². The van der Waals surface area contributed by atoms with Gasteiger partial charge in [-0.3, -0.25) is 9.59 Å². The molecule has 3 N–H and O–H groups in total. The van der Waals surface area contributed by atoms with E-state index in [1.807, 2.05) is 11.8 Å². The van der Waals surface area contributed by atoms with E-state index in [1.165, 1.54) is 0 Å². The number of likely N-dealkylation sites (tertiary alicyclic amines) is 1. The lowest BCUT2D eigenvalue weighted by Crippen LogP contribution is -2.56. The van der Waals surface area contributed by atoms with Gasteiger partial charge in [0.25, 0.3) is 0 Å². The van der Waals surface area contributed by atoms with Crippen LogP contribution in [0.5, 0.6) is 0 Å². The van der Waals surface area contributed by atoms with Crippen molar-refractivity contribution in [2.45, 2.75) is 45.1 Å². The van der Waals surface area contributed by atoms with Crippen molar-refractivity contribution in [3.8, 4) is 0 Å². The Morgan fingerprint density at radius 1 is 1.55 bits per heavy atom. The van der Waals surface area contributed by atoms with E-state index in [2.05, 4.69) is 5.32 Å². The molecule has 2 fully saturated rings. The third-order valence-corrected chi connectivity index (χ3v) is 4.64. The fraction of sp³-hybridized carbons (Fsp3) is 0.786. The first-order valence-electron chi connectivity index (χ1n) is 7.40. The highest BCUT2D eigenvalue weighted by Crippen LogP contribution is 2.26. The van der Waals surface area contributed by atoms with Gasteiger partial charge in [0.15, 0.2) is 0 Å². The van der Waals surface area contributed by atoms with Gasteiger partial charge in [-0.25, -0.2) is 0 Å².